The van der Waals surface area contributed by atoms with Crippen LogP contribution in [0.5, 0.6) is 0 Å². The third-order valence-electron chi connectivity index (χ3n) is 3.57. The van der Waals surface area contributed by atoms with Gasteiger partial charge < -0.3 is 9.88 Å². The summed E-state index contributed by atoms with van der Waals surface area (Å²) in [5.74, 6) is 1.32. The molecular weight excluding hydrogens is 238 g/mol. The van der Waals surface area contributed by atoms with E-state index < -0.39 is 0 Å². The van der Waals surface area contributed by atoms with E-state index >= 15 is 0 Å². The van der Waals surface area contributed by atoms with Crippen LogP contribution in [-0.2, 0) is 0 Å². The van der Waals surface area contributed by atoms with Crippen LogP contribution in [0.3, 0.4) is 0 Å². The molecule has 0 saturated carbocycles. The van der Waals surface area contributed by atoms with Gasteiger partial charge in [-0.2, -0.15) is 0 Å². The molecule has 4 rings (SSSR count). The minimum absolute atomic E-state index is 0.512. The van der Waals surface area contributed by atoms with E-state index in [0.29, 0.717) is 5.92 Å². The Labute approximate surface area is 110 Å². The van der Waals surface area contributed by atoms with Gasteiger partial charge in [-0.3, -0.25) is 0 Å². The molecular formula is C14H13N5. The van der Waals surface area contributed by atoms with Crippen LogP contribution in [0.25, 0.3) is 11.0 Å². The van der Waals surface area contributed by atoms with Gasteiger partial charge >= 0.3 is 0 Å². The Morgan fingerprint density at radius 3 is 2.63 bits per heavy atom. The van der Waals surface area contributed by atoms with E-state index in [-0.39, 0.29) is 0 Å². The maximum Gasteiger partial charge on any atom is 0.225 e. The molecule has 3 aromatic rings. The molecule has 1 aliphatic heterocycles. The molecule has 1 fully saturated rings. The van der Waals surface area contributed by atoms with Crippen LogP contribution in [0.1, 0.15) is 11.6 Å². The molecule has 3 aromatic heterocycles. The van der Waals surface area contributed by atoms with Crippen molar-refractivity contribution in [1.29, 1.82) is 0 Å². The van der Waals surface area contributed by atoms with Crippen LogP contribution in [-0.4, -0.2) is 33.0 Å². The van der Waals surface area contributed by atoms with Gasteiger partial charge in [0.1, 0.15) is 5.65 Å². The summed E-state index contributed by atoms with van der Waals surface area (Å²) in [6, 6.07) is 8.07. The smallest absolute Gasteiger partial charge is 0.225 e. The topological polar surface area (TPSA) is 57.7 Å². The van der Waals surface area contributed by atoms with Crippen molar-refractivity contribution in [3.05, 3.63) is 48.5 Å². The third-order valence-corrected chi connectivity index (χ3v) is 3.57. The summed E-state index contributed by atoms with van der Waals surface area (Å²) in [6.45, 7) is 1.91. The molecule has 1 N–H and O–H groups in total. The Kier molecular flexibility index (Phi) is 2.24. The van der Waals surface area contributed by atoms with E-state index in [1.807, 2.05) is 18.3 Å². The number of anilines is 1. The van der Waals surface area contributed by atoms with Crippen molar-refractivity contribution in [1.82, 2.24) is 19.9 Å². The highest BCUT2D eigenvalue weighted by molar-refractivity contribution is 5.76. The van der Waals surface area contributed by atoms with Crippen LogP contribution in [0.15, 0.2) is 42.9 Å². The van der Waals surface area contributed by atoms with E-state index in [1.54, 1.807) is 12.4 Å². The molecule has 5 nitrogen and oxygen atoms in total. The lowest BCUT2D eigenvalue weighted by molar-refractivity contribution is 0.506. The molecule has 4 heterocycles. The molecule has 1 aliphatic rings. The van der Waals surface area contributed by atoms with E-state index in [4.69, 9.17) is 0 Å². The fraction of sp³-hybridized carbons (Fsp3) is 0.214. The summed E-state index contributed by atoms with van der Waals surface area (Å²) in [5, 5.41) is 1.17. The molecule has 19 heavy (non-hydrogen) atoms. The molecule has 0 aromatic carbocycles. The maximum absolute atomic E-state index is 4.33. The standard InChI is InChI=1S/C14H13N5/c1-3-10-7-12(18-13(10)15-4-1)11-8-19(9-11)14-16-5-2-6-17-14/h1-7,11H,8-9H2,(H,15,18). The van der Waals surface area contributed by atoms with Crippen molar-refractivity contribution in [3.8, 4) is 0 Å². The Bertz CT molecular complexity index is 667. The van der Waals surface area contributed by atoms with E-state index in [9.17, 15) is 0 Å². The third kappa shape index (κ3) is 1.74. The summed E-state index contributed by atoms with van der Waals surface area (Å²) < 4.78 is 0. The van der Waals surface area contributed by atoms with Gasteiger partial charge in [-0.1, -0.05) is 0 Å². The first-order valence-corrected chi connectivity index (χ1v) is 6.36. The number of hydrogen-bond donors (Lipinski definition) is 1. The van der Waals surface area contributed by atoms with E-state index in [1.165, 1.54) is 11.1 Å². The predicted molar refractivity (Wildman–Crippen MR) is 73.1 cm³/mol. The minimum atomic E-state index is 0.512. The summed E-state index contributed by atoms with van der Waals surface area (Å²) in [4.78, 5) is 18.4. The number of fused-ring (bicyclic) bond motifs is 1. The van der Waals surface area contributed by atoms with Gasteiger partial charge in [0.05, 0.1) is 0 Å². The molecule has 0 radical (unpaired) electrons. The number of H-pyrrole nitrogens is 1. The molecule has 0 amide bonds. The Morgan fingerprint density at radius 2 is 1.84 bits per heavy atom. The van der Waals surface area contributed by atoms with Crippen molar-refractivity contribution in [2.24, 2.45) is 0 Å². The average molecular weight is 251 g/mol. The van der Waals surface area contributed by atoms with Gasteiger partial charge in [0.15, 0.2) is 0 Å². The highest BCUT2D eigenvalue weighted by Crippen LogP contribution is 2.30. The Morgan fingerprint density at radius 1 is 1.05 bits per heavy atom. The lowest BCUT2D eigenvalue weighted by Gasteiger charge is -2.38. The lowest BCUT2D eigenvalue weighted by Crippen LogP contribution is -2.46. The number of pyridine rings is 1. The summed E-state index contributed by atoms with van der Waals surface area (Å²) in [7, 11) is 0. The van der Waals surface area contributed by atoms with Crippen molar-refractivity contribution >= 4 is 17.0 Å². The minimum Gasteiger partial charge on any atom is -0.343 e. The second-order valence-electron chi connectivity index (χ2n) is 4.82. The van der Waals surface area contributed by atoms with Crippen molar-refractivity contribution in [2.45, 2.75) is 5.92 Å². The lowest BCUT2D eigenvalue weighted by atomic mass is 9.97. The number of nitrogens with zero attached hydrogens (tertiary/aromatic N) is 4. The zero-order chi connectivity index (χ0) is 12.7. The van der Waals surface area contributed by atoms with Crippen LogP contribution < -0.4 is 4.90 Å². The average Bonchev–Trinajstić information content (AvgIpc) is 2.81. The fourth-order valence-electron chi connectivity index (χ4n) is 2.49. The fourth-order valence-corrected chi connectivity index (χ4v) is 2.49. The number of hydrogen-bond acceptors (Lipinski definition) is 4. The van der Waals surface area contributed by atoms with E-state index in [0.717, 1.165) is 24.7 Å². The predicted octanol–water partition coefficient (Wildman–Crippen LogP) is 1.96. The molecule has 0 atom stereocenters. The van der Waals surface area contributed by atoms with Crippen LogP contribution in [0.2, 0.25) is 0 Å². The first-order chi connectivity index (χ1) is 9.40. The number of aromatic nitrogens is 4. The number of rotatable bonds is 2. The quantitative estimate of drug-likeness (QED) is 0.756. The molecule has 1 saturated heterocycles. The molecule has 5 heteroatoms. The summed E-state index contributed by atoms with van der Waals surface area (Å²) in [6.07, 6.45) is 5.37. The summed E-state index contributed by atoms with van der Waals surface area (Å²) >= 11 is 0. The van der Waals surface area contributed by atoms with Gasteiger partial charge in [-0.25, -0.2) is 15.0 Å². The normalized spacial score (nSPS) is 15.7. The highest BCUT2D eigenvalue weighted by atomic mass is 15.3. The SMILES string of the molecule is c1cnc(N2CC(c3cc4cccnc4[nH]3)C2)nc1. The number of nitrogens with one attached hydrogen (secondary N) is 1. The number of aromatic amines is 1. The van der Waals surface area contributed by atoms with Gasteiger partial charge in [-0.15, -0.1) is 0 Å². The first kappa shape index (κ1) is 10.5. The van der Waals surface area contributed by atoms with Crippen molar-refractivity contribution < 1.29 is 0 Å². The molecule has 0 spiro atoms. The second-order valence-corrected chi connectivity index (χ2v) is 4.82. The molecule has 0 unspecified atom stereocenters. The van der Waals surface area contributed by atoms with Crippen molar-refractivity contribution in [3.63, 3.8) is 0 Å². The second kappa shape index (κ2) is 4.05. The molecule has 94 valence electrons. The summed E-state index contributed by atoms with van der Waals surface area (Å²) in [5.41, 5.74) is 2.22. The van der Waals surface area contributed by atoms with Gasteiger partial charge in [-0.05, 0) is 24.3 Å². The maximum atomic E-state index is 4.33. The van der Waals surface area contributed by atoms with Gasteiger partial charge in [0.25, 0.3) is 0 Å². The Balaban J connectivity index is 1.54. The molecule has 0 aliphatic carbocycles. The largest absolute Gasteiger partial charge is 0.343 e. The van der Waals surface area contributed by atoms with Gasteiger partial charge in [0.2, 0.25) is 5.95 Å². The zero-order valence-electron chi connectivity index (χ0n) is 10.3. The molecule has 0 bridgehead atoms. The van der Waals surface area contributed by atoms with Crippen LogP contribution >= 0.6 is 0 Å². The Hall–Kier alpha value is -2.43. The van der Waals surface area contributed by atoms with Crippen molar-refractivity contribution in [2.75, 3.05) is 18.0 Å². The monoisotopic (exact) mass is 251 g/mol. The van der Waals surface area contributed by atoms with Crippen LogP contribution in [0.4, 0.5) is 5.95 Å². The van der Waals surface area contributed by atoms with Crippen LogP contribution in [0, 0.1) is 0 Å². The van der Waals surface area contributed by atoms with E-state index in [2.05, 4.69) is 37.0 Å². The highest BCUT2D eigenvalue weighted by Gasteiger charge is 2.30. The van der Waals surface area contributed by atoms with Gasteiger partial charge in [0, 0.05) is 48.7 Å². The zero-order valence-corrected chi connectivity index (χ0v) is 10.3. The first-order valence-electron chi connectivity index (χ1n) is 6.36.